The second-order valence-electron chi connectivity index (χ2n) is 4.17. The average Bonchev–Trinajstić information content (AvgIpc) is 2.15. The van der Waals surface area contributed by atoms with Crippen molar-refractivity contribution in [3.05, 3.63) is 11.6 Å². The van der Waals surface area contributed by atoms with Crippen LogP contribution in [0.15, 0.2) is 11.6 Å². The lowest BCUT2D eigenvalue weighted by Gasteiger charge is -2.30. The van der Waals surface area contributed by atoms with Crippen molar-refractivity contribution in [3.63, 3.8) is 0 Å². The van der Waals surface area contributed by atoms with E-state index in [0.29, 0.717) is 0 Å². The minimum atomic E-state index is -0.459. The van der Waals surface area contributed by atoms with Gasteiger partial charge in [0, 0.05) is 0 Å². The fourth-order valence-electron chi connectivity index (χ4n) is 2.14. The van der Waals surface area contributed by atoms with E-state index in [-0.39, 0.29) is 0 Å². The number of aliphatic hydroxyl groups is 1. The molecule has 13 heavy (non-hydrogen) atoms. The fraction of sp³-hybridized carbons (Fsp3) is 0.833. The minimum Gasteiger partial charge on any atom is -0.386 e. The molecule has 0 saturated heterocycles. The van der Waals surface area contributed by atoms with Gasteiger partial charge < -0.3 is 5.11 Å². The highest BCUT2D eigenvalue weighted by atomic mass is 16.3. The summed E-state index contributed by atoms with van der Waals surface area (Å²) in [6.07, 6.45) is 9.90. The Hall–Kier alpha value is -0.300. The predicted octanol–water partition coefficient (Wildman–Crippen LogP) is 3.43. The molecule has 1 rings (SSSR count). The van der Waals surface area contributed by atoms with Gasteiger partial charge in [0.1, 0.15) is 0 Å². The molecule has 0 atom stereocenters. The lowest BCUT2D eigenvalue weighted by Crippen LogP contribution is -2.29. The maximum atomic E-state index is 10.2. The smallest absolute Gasteiger partial charge is 0.0830 e. The Morgan fingerprint density at radius 2 is 1.69 bits per heavy atom. The van der Waals surface area contributed by atoms with Crippen molar-refractivity contribution in [3.8, 4) is 0 Å². The first-order valence-corrected chi connectivity index (χ1v) is 5.63. The molecule has 0 aromatic carbocycles. The van der Waals surface area contributed by atoms with E-state index in [1.807, 2.05) is 0 Å². The molecule has 1 N–H and O–H groups in total. The highest BCUT2D eigenvalue weighted by Gasteiger charge is 2.26. The van der Waals surface area contributed by atoms with Crippen LogP contribution in [0.3, 0.4) is 0 Å². The first-order valence-electron chi connectivity index (χ1n) is 5.63. The van der Waals surface area contributed by atoms with Crippen molar-refractivity contribution in [1.29, 1.82) is 0 Å². The molecule has 0 bridgehead atoms. The maximum Gasteiger partial charge on any atom is 0.0830 e. The summed E-state index contributed by atoms with van der Waals surface area (Å²) in [5.41, 5.74) is 0.948. The lowest BCUT2D eigenvalue weighted by atomic mass is 9.83. The molecule has 0 aromatic heterocycles. The minimum absolute atomic E-state index is 0.459. The molecule has 0 heterocycles. The fourth-order valence-corrected chi connectivity index (χ4v) is 2.14. The molecular weight excluding hydrogens is 160 g/mol. The molecular formula is C12H22O. The van der Waals surface area contributed by atoms with E-state index in [9.17, 15) is 5.11 Å². The summed E-state index contributed by atoms with van der Waals surface area (Å²) in [6, 6.07) is 0. The number of rotatable bonds is 3. The Morgan fingerprint density at radius 1 is 1.15 bits per heavy atom. The van der Waals surface area contributed by atoms with E-state index in [1.165, 1.54) is 24.8 Å². The number of hydrogen-bond donors (Lipinski definition) is 1. The molecule has 0 spiro atoms. The van der Waals surface area contributed by atoms with Crippen LogP contribution < -0.4 is 0 Å². The van der Waals surface area contributed by atoms with Crippen LogP contribution in [0, 0.1) is 0 Å². The maximum absolute atomic E-state index is 10.2. The van der Waals surface area contributed by atoms with E-state index >= 15 is 0 Å². The normalized spacial score (nSPS) is 21.2. The Labute approximate surface area is 81.9 Å². The van der Waals surface area contributed by atoms with E-state index < -0.39 is 5.60 Å². The zero-order valence-electron chi connectivity index (χ0n) is 8.97. The van der Waals surface area contributed by atoms with Gasteiger partial charge in [0.2, 0.25) is 0 Å². The number of allylic oxidation sites excluding steroid dienone is 1. The van der Waals surface area contributed by atoms with Crippen LogP contribution in [0.5, 0.6) is 0 Å². The first kappa shape index (κ1) is 10.8. The van der Waals surface area contributed by atoms with Crippen molar-refractivity contribution >= 4 is 0 Å². The van der Waals surface area contributed by atoms with Gasteiger partial charge in [-0.05, 0) is 25.7 Å². The van der Waals surface area contributed by atoms with Crippen LogP contribution in [-0.4, -0.2) is 10.7 Å². The third kappa shape index (κ3) is 3.15. The largest absolute Gasteiger partial charge is 0.386 e. The van der Waals surface area contributed by atoms with Gasteiger partial charge >= 0.3 is 0 Å². The van der Waals surface area contributed by atoms with Gasteiger partial charge in [-0.1, -0.05) is 44.8 Å². The lowest BCUT2D eigenvalue weighted by molar-refractivity contribution is 0.0503. The van der Waals surface area contributed by atoms with E-state index in [4.69, 9.17) is 0 Å². The molecule has 1 aliphatic rings. The van der Waals surface area contributed by atoms with Gasteiger partial charge in [-0.2, -0.15) is 0 Å². The first-order chi connectivity index (χ1) is 6.20. The molecule has 1 aliphatic carbocycles. The zero-order chi connectivity index (χ0) is 9.73. The molecule has 0 aliphatic heterocycles. The van der Waals surface area contributed by atoms with Crippen molar-refractivity contribution in [2.45, 2.75) is 64.4 Å². The van der Waals surface area contributed by atoms with Crippen LogP contribution in [-0.2, 0) is 0 Å². The van der Waals surface area contributed by atoms with E-state index in [1.54, 1.807) is 0 Å². The van der Waals surface area contributed by atoms with Gasteiger partial charge in [0.25, 0.3) is 0 Å². The SMILES string of the molecule is CCC(=CC1(O)CCCCC1)CC. The molecule has 0 aromatic rings. The van der Waals surface area contributed by atoms with Crippen LogP contribution in [0.25, 0.3) is 0 Å². The topological polar surface area (TPSA) is 20.2 Å². The van der Waals surface area contributed by atoms with Crippen molar-refractivity contribution in [1.82, 2.24) is 0 Å². The molecule has 1 heteroatoms. The molecule has 1 nitrogen and oxygen atoms in total. The third-order valence-electron chi connectivity index (χ3n) is 3.10. The molecule has 0 unspecified atom stereocenters. The molecule has 0 radical (unpaired) electrons. The standard InChI is InChI=1S/C12H22O/c1-3-11(4-2)10-12(13)8-6-5-7-9-12/h10,13H,3-9H2,1-2H3. The summed E-state index contributed by atoms with van der Waals surface area (Å²) in [5, 5.41) is 10.2. The van der Waals surface area contributed by atoms with Crippen molar-refractivity contribution in [2.75, 3.05) is 0 Å². The summed E-state index contributed by atoms with van der Waals surface area (Å²) in [7, 11) is 0. The summed E-state index contributed by atoms with van der Waals surface area (Å²) in [4.78, 5) is 0. The van der Waals surface area contributed by atoms with Crippen LogP contribution >= 0.6 is 0 Å². The van der Waals surface area contributed by atoms with Gasteiger partial charge in [0.15, 0.2) is 0 Å². The van der Waals surface area contributed by atoms with E-state index in [2.05, 4.69) is 19.9 Å². The zero-order valence-corrected chi connectivity index (χ0v) is 8.97. The van der Waals surface area contributed by atoms with Crippen molar-refractivity contribution < 1.29 is 5.11 Å². The van der Waals surface area contributed by atoms with Crippen LogP contribution in [0.1, 0.15) is 58.8 Å². The second kappa shape index (κ2) is 4.80. The molecule has 1 saturated carbocycles. The van der Waals surface area contributed by atoms with Crippen molar-refractivity contribution in [2.24, 2.45) is 0 Å². The molecule has 76 valence electrons. The Bertz CT molecular complexity index is 170. The van der Waals surface area contributed by atoms with Crippen LogP contribution in [0.2, 0.25) is 0 Å². The van der Waals surface area contributed by atoms with Gasteiger partial charge in [-0.15, -0.1) is 0 Å². The Balaban J connectivity index is 2.61. The monoisotopic (exact) mass is 182 g/mol. The molecule has 0 amide bonds. The summed E-state index contributed by atoms with van der Waals surface area (Å²) >= 11 is 0. The van der Waals surface area contributed by atoms with E-state index in [0.717, 1.165) is 25.7 Å². The van der Waals surface area contributed by atoms with Gasteiger partial charge in [-0.3, -0.25) is 0 Å². The van der Waals surface area contributed by atoms with Crippen LogP contribution in [0.4, 0.5) is 0 Å². The number of hydrogen-bond acceptors (Lipinski definition) is 1. The summed E-state index contributed by atoms with van der Waals surface area (Å²) in [5.74, 6) is 0. The Kier molecular flexibility index (Phi) is 3.98. The molecule has 1 fully saturated rings. The highest BCUT2D eigenvalue weighted by Crippen LogP contribution is 2.30. The van der Waals surface area contributed by atoms with Gasteiger partial charge in [-0.25, -0.2) is 0 Å². The predicted molar refractivity (Wildman–Crippen MR) is 56.7 cm³/mol. The summed E-state index contributed by atoms with van der Waals surface area (Å²) in [6.45, 7) is 4.34. The quantitative estimate of drug-likeness (QED) is 0.663. The third-order valence-corrected chi connectivity index (χ3v) is 3.10. The highest BCUT2D eigenvalue weighted by molar-refractivity contribution is 5.11. The summed E-state index contributed by atoms with van der Waals surface area (Å²) < 4.78 is 0. The van der Waals surface area contributed by atoms with Gasteiger partial charge in [0.05, 0.1) is 5.60 Å². The second-order valence-corrected chi connectivity index (χ2v) is 4.17. The Morgan fingerprint density at radius 3 is 2.15 bits per heavy atom. The average molecular weight is 182 g/mol.